The molecule has 0 aliphatic carbocycles. The van der Waals surface area contributed by atoms with E-state index in [0.29, 0.717) is 0 Å². The fraction of sp³-hybridized carbons (Fsp3) is 0.278. The number of rotatable bonds is 7. The normalized spacial score (nSPS) is 11.1. The van der Waals surface area contributed by atoms with Crippen LogP contribution in [0, 0.1) is 0 Å². The summed E-state index contributed by atoms with van der Waals surface area (Å²) in [7, 11) is 2.74. The van der Waals surface area contributed by atoms with Crippen LogP contribution in [0.4, 0.5) is 14.5 Å². The first-order valence-electron chi connectivity index (χ1n) is 8.79. The Kier molecular flexibility index (Phi) is 6.53. The second-order valence-electron chi connectivity index (χ2n) is 6.33. The number of aromatic nitrogens is 4. The highest BCUT2D eigenvalue weighted by Gasteiger charge is 2.17. The summed E-state index contributed by atoms with van der Waals surface area (Å²) < 4.78 is 33.4. The molecule has 0 radical (unpaired) electrons. The Labute approximate surface area is 177 Å². The van der Waals surface area contributed by atoms with Crippen molar-refractivity contribution in [2.75, 3.05) is 11.9 Å². The predicted molar refractivity (Wildman–Crippen MR) is 108 cm³/mol. The Bertz CT molecular complexity index is 1270. The van der Waals surface area contributed by atoms with Gasteiger partial charge in [-0.15, -0.1) is 0 Å². The van der Waals surface area contributed by atoms with Crippen LogP contribution in [-0.2, 0) is 35.0 Å². The fourth-order valence-corrected chi connectivity index (χ4v) is 3.40. The number of nitrogens with one attached hydrogen (secondary N) is 1. The maximum atomic E-state index is 12.6. The van der Waals surface area contributed by atoms with Gasteiger partial charge in [0.15, 0.2) is 17.8 Å². The number of amides is 1. The quantitative estimate of drug-likeness (QED) is 0.418. The van der Waals surface area contributed by atoms with Crippen LogP contribution in [0.2, 0.25) is 0 Å². The lowest BCUT2D eigenvalue weighted by molar-refractivity contribution is -0.147. The van der Waals surface area contributed by atoms with E-state index in [1.54, 1.807) is 12.1 Å². The lowest BCUT2D eigenvalue weighted by Gasteiger charge is -2.11. The molecular weight excluding hydrogens is 436 g/mol. The zero-order chi connectivity index (χ0) is 22.7. The average Bonchev–Trinajstić information content (AvgIpc) is 3.14. The summed E-state index contributed by atoms with van der Waals surface area (Å²) in [6.45, 7) is -1.08. The first-order chi connectivity index (χ1) is 14.7. The molecule has 0 atom stereocenters. The molecule has 2 heterocycles. The number of hydrogen-bond acceptors (Lipinski definition) is 7. The van der Waals surface area contributed by atoms with Gasteiger partial charge < -0.3 is 14.6 Å². The minimum atomic E-state index is -2.66. The van der Waals surface area contributed by atoms with E-state index in [4.69, 9.17) is 4.74 Å². The van der Waals surface area contributed by atoms with Gasteiger partial charge in [0.1, 0.15) is 6.54 Å². The van der Waals surface area contributed by atoms with Crippen molar-refractivity contribution in [3.05, 3.63) is 51.4 Å². The van der Waals surface area contributed by atoms with Crippen molar-refractivity contribution in [2.45, 2.75) is 17.2 Å². The van der Waals surface area contributed by atoms with Gasteiger partial charge in [0.2, 0.25) is 0 Å². The van der Waals surface area contributed by atoms with E-state index >= 15 is 0 Å². The molecule has 3 rings (SSSR count). The van der Waals surface area contributed by atoms with Gasteiger partial charge in [0.05, 0.1) is 12.0 Å². The summed E-state index contributed by atoms with van der Waals surface area (Å²) in [6.07, 6.45) is 1.21. The van der Waals surface area contributed by atoms with Gasteiger partial charge >= 0.3 is 11.7 Å². The molecule has 10 nitrogen and oxygen atoms in total. The van der Waals surface area contributed by atoms with E-state index in [1.807, 2.05) is 0 Å². The van der Waals surface area contributed by atoms with E-state index in [2.05, 4.69) is 10.3 Å². The monoisotopic (exact) mass is 453 g/mol. The summed E-state index contributed by atoms with van der Waals surface area (Å²) in [6, 6.07) is 5.99. The molecular formula is C18H17F2N5O5S. The van der Waals surface area contributed by atoms with Crippen LogP contribution in [0.5, 0.6) is 0 Å². The van der Waals surface area contributed by atoms with Crippen molar-refractivity contribution in [1.29, 1.82) is 0 Å². The molecule has 164 valence electrons. The van der Waals surface area contributed by atoms with Gasteiger partial charge in [0, 0.05) is 19.0 Å². The van der Waals surface area contributed by atoms with Crippen molar-refractivity contribution in [1.82, 2.24) is 18.7 Å². The van der Waals surface area contributed by atoms with Crippen LogP contribution in [0.3, 0.4) is 0 Å². The number of carbonyl (C=O) groups excluding carboxylic acids is 2. The first-order valence-corrected chi connectivity index (χ1v) is 9.67. The van der Waals surface area contributed by atoms with E-state index in [0.717, 1.165) is 4.57 Å². The number of fused-ring (bicyclic) bond motifs is 1. The number of carbonyl (C=O) groups is 2. The molecule has 2 aromatic heterocycles. The fourth-order valence-electron chi connectivity index (χ4n) is 2.80. The Morgan fingerprint density at radius 2 is 1.90 bits per heavy atom. The number of imidazole rings is 1. The Hall–Kier alpha value is -3.48. The number of benzene rings is 1. The molecule has 0 fully saturated rings. The number of anilines is 1. The lowest BCUT2D eigenvalue weighted by Crippen LogP contribution is -2.37. The molecule has 31 heavy (non-hydrogen) atoms. The summed E-state index contributed by atoms with van der Waals surface area (Å²) in [5.74, 6) is -4.21. The number of nitrogens with zero attached hydrogens (tertiary/aromatic N) is 4. The molecule has 0 aliphatic rings. The summed E-state index contributed by atoms with van der Waals surface area (Å²) in [5, 5.41) is 2.41. The molecule has 0 saturated heterocycles. The Morgan fingerprint density at radius 1 is 1.19 bits per heavy atom. The van der Waals surface area contributed by atoms with Gasteiger partial charge in [-0.1, -0.05) is 23.9 Å². The number of thioether (sulfide) groups is 1. The van der Waals surface area contributed by atoms with Gasteiger partial charge in [-0.3, -0.25) is 23.5 Å². The summed E-state index contributed by atoms with van der Waals surface area (Å²) in [4.78, 5) is 52.6. The first kappa shape index (κ1) is 22.2. The summed E-state index contributed by atoms with van der Waals surface area (Å²) in [5.41, 5.74) is -0.892. The molecule has 0 aliphatic heterocycles. The van der Waals surface area contributed by atoms with Crippen molar-refractivity contribution < 1.29 is 23.1 Å². The second-order valence-corrected chi connectivity index (χ2v) is 7.37. The highest BCUT2D eigenvalue weighted by atomic mass is 32.2. The molecule has 0 spiro atoms. The van der Waals surface area contributed by atoms with E-state index < -0.39 is 42.0 Å². The van der Waals surface area contributed by atoms with Crippen LogP contribution in [0.15, 0.2) is 45.1 Å². The summed E-state index contributed by atoms with van der Waals surface area (Å²) >= 11 is 0.278. The van der Waals surface area contributed by atoms with Gasteiger partial charge in [0.25, 0.3) is 17.2 Å². The third-order valence-electron chi connectivity index (χ3n) is 4.26. The number of alkyl halides is 2. The number of aryl methyl sites for hydroxylation is 1. The van der Waals surface area contributed by atoms with Crippen molar-refractivity contribution in [2.24, 2.45) is 14.1 Å². The highest BCUT2D eigenvalue weighted by molar-refractivity contribution is 7.99. The molecule has 13 heteroatoms. The van der Waals surface area contributed by atoms with Crippen molar-refractivity contribution in [3.8, 4) is 0 Å². The highest BCUT2D eigenvalue weighted by Crippen LogP contribution is 2.31. The maximum Gasteiger partial charge on any atom is 0.332 e. The van der Waals surface area contributed by atoms with E-state index in [-0.39, 0.29) is 33.5 Å². The zero-order valence-corrected chi connectivity index (χ0v) is 17.2. The smallest absolute Gasteiger partial charge is 0.332 e. The molecule has 3 aromatic rings. The van der Waals surface area contributed by atoms with Crippen LogP contribution >= 0.6 is 11.8 Å². The number of halogens is 2. The molecule has 0 unspecified atom stereocenters. The topological polar surface area (TPSA) is 117 Å². The van der Waals surface area contributed by atoms with Crippen molar-refractivity contribution >= 4 is 40.5 Å². The molecule has 0 bridgehead atoms. The van der Waals surface area contributed by atoms with Crippen LogP contribution in [-0.4, -0.2) is 42.9 Å². The number of esters is 1. The number of ether oxygens (including phenoxy) is 1. The largest absolute Gasteiger partial charge is 0.454 e. The van der Waals surface area contributed by atoms with Crippen LogP contribution < -0.4 is 16.6 Å². The SMILES string of the molecule is Cn1c(=O)c2c(ncn2CC(=O)OCC(=O)Nc2ccccc2SC(F)F)n(C)c1=O. The maximum absolute atomic E-state index is 12.6. The van der Waals surface area contributed by atoms with Crippen LogP contribution in [0.1, 0.15) is 0 Å². The third-order valence-corrected chi connectivity index (χ3v) is 5.05. The average molecular weight is 453 g/mol. The minimum Gasteiger partial charge on any atom is -0.454 e. The number of para-hydroxylation sites is 1. The van der Waals surface area contributed by atoms with E-state index in [9.17, 15) is 28.0 Å². The predicted octanol–water partition coefficient (Wildman–Crippen LogP) is 0.930. The number of hydrogen-bond donors (Lipinski definition) is 1. The van der Waals surface area contributed by atoms with Crippen LogP contribution in [0.25, 0.3) is 11.2 Å². The standard InChI is InChI=1S/C18H17F2N5O5S/c1-23-15-14(16(28)24(2)18(23)29)25(9-21-15)7-13(27)30-8-12(26)22-10-5-3-4-6-11(10)31-17(19)20/h3-6,9,17H,7-8H2,1-2H3,(H,22,26). The van der Waals surface area contributed by atoms with Gasteiger partial charge in [-0.05, 0) is 12.1 Å². The molecule has 0 saturated carbocycles. The molecule has 1 aromatic carbocycles. The second kappa shape index (κ2) is 9.12. The third kappa shape index (κ3) is 4.82. The molecule has 1 amide bonds. The Balaban J connectivity index is 1.66. The minimum absolute atomic E-state index is 0.0314. The van der Waals surface area contributed by atoms with Crippen molar-refractivity contribution in [3.63, 3.8) is 0 Å². The zero-order valence-electron chi connectivity index (χ0n) is 16.4. The van der Waals surface area contributed by atoms with Gasteiger partial charge in [-0.25, -0.2) is 9.78 Å². The Morgan fingerprint density at radius 3 is 2.61 bits per heavy atom. The lowest BCUT2D eigenvalue weighted by atomic mass is 10.3. The van der Waals surface area contributed by atoms with Gasteiger partial charge in [-0.2, -0.15) is 8.78 Å². The molecule has 1 N–H and O–H groups in total. The van der Waals surface area contributed by atoms with E-state index in [1.165, 1.54) is 41.7 Å².